The first kappa shape index (κ1) is 28.6. The average molecular weight is 601 g/mol. The van der Waals surface area contributed by atoms with E-state index in [0.29, 0.717) is 55.2 Å². The molecule has 2 amide bonds. The van der Waals surface area contributed by atoms with Crippen molar-refractivity contribution in [1.82, 2.24) is 29.9 Å². The van der Waals surface area contributed by atoms with Crippen molar-refractivity contribution in [3.8, 4) is 22.6 Å². The zero-order valence-corrected chi connectivity index (χ0v) is 24.6. The lowest BCUT2D eigenvalue weighted by molar-refractivity contribution is -0.131. The molecule has 2 aliphatic rings. The maximum Gasteiger partial charge on any atom is 0.246 e. The van der Waals surface area contributed by atoms with Crippen molar-refractivity contribution in [1.29, 1.82) is 0 Å². The predicted octanol–water partition coefficient (Wildman–Crippen LogP) is 5.25. The van der Waals surface area contributed by atoms with Crippen molar-refractivity contribution in [3.05, 3.63) is 89.0 Å². The molecule has 1 atom stereocenters. The number of halogens is 2. The highest BCUT2D eigenvalue weighted by Crippen LogP contribution is 2.40. The molecule has 0 saturated carbocycles. The van der Waals surface area contributed by atoms with Crippen LogP contribution in [0.15, 0.2) is 66.6 Å². The van der Waals surface area contributed by atoms with Crippen molar-refractivity contribution in [2.24, 2.45) is 0 Å². The molecule has 0 spiro atoms. The van der Waals surface area contributed by atoms with E-state index in [0.717, 1.165) is 38.5 Å². The Hall–Kier alpha value is -4.48. The number of nitrogens with one attached hydrogen (secondary N) is 1. The lowest BCUT2D eigenvalue weighted by atomic mass is 9.92. The predicted molar refractivity (Wildman–Crippen MR) is 164 cm³/mol. The molecule has 8 nitrogen and oxygen atoms in total. The van der Waals surface area contributed by atoms with Crippen molar-refractivity contribution < 1.29 is 18.4 Å². The fourth-order valence-corrected chi connectivity index (χ4v) is 6.60. The van der Waals surface area contributed by atoms with E-state index in [1.165, 1.54) is 23.5 Å². The number of fused-ring (bicyclic) bond motifs is 3. The summed E-state index contributed by atoms with van der Waals surface area (Å²) in [6.07, 6.45) is 4.10. The first-order valence-corrected chi connectivity index (χ1v) is 14.8. The van der Waals surface area contributed by atoms with Crippen LogP contribution in [0.25, 0.3) is 38.8 Å². The summed E-state index contributed by atoms with van der Waals surface area (Å²) < 4.78 is 30.3. The minimum atomic E-state index is -0.749. The van der Waals surface area contributed by atoms with Crippen molar-refractivity contribution in [2.75, 3.05) is 20.6 Å². The van der Waals surface area contributed by atoms with Crippen LogP contribution in [0, 0.1) is 0 Å². The van der Waals surface area contributed by atoms with E-state index in [-0.39, 0.29) is 24.2 Å². The highest BCUT2D eigenvalue weighted by Gasteiger charge is 2.27. The summed E-state index contributed by atoms with van der Waals surface area (Å²) in [5.74, 6) is -0.863. The quantitative estimate of drug-likeness (QED) is 0.242. The SMILES string of the molecule is C=CC(=O)N1CCn2nc(-c3nc(-c4ccc5c(c4)CNC(C(=O)N(C)C)C5)c4ccsc4c3C=C(F)/C=C/F)cc2C1. The van der Waals surface area contributed by atoms with E-state index in [1.54, 1.807) is 23.9 Å². The molecule has 3 aromatic heterocycles. The van der Waals surface area contributed by atoms with Gasteiger partial charge in [0.15, 0.2) is 0 Å². The Morgan fingerprint density at radius 1 is 1.16 bits per heavy atom. The molecular formula is C32H30F2N6O2S. The second-order valence-electron chi connectivity index (χ2n) is 10.8. The van der Waals surface area contributed by atoms with Crippen LogP contribution >= 0.6 is 11.3 Å². The van der Waals surface area contributed by atoms with Crippen LogP contribution in [0.1, 0.15) is 22.4 Å². The third-order valence-corrected chi connectivity index (χ3v) is 8.80. The summed E-state index contributed by atoms with van der Waals surface area (Å²) in [6, 6.07) is 9.68. The Bertz CT molecular complexity index is 1820. The van der Waals surface area contributed by atoms with Crippen LogP contribution in [0.2, 0.25) is 0 Å². The molecule has 0 saturated heterocycles. The number of amides is 2. The normalized spacial score (nSPS) is 16.8. The third-order valence-electron chi connectivity index (χ3n) is 7.86. The van der Waals surface area contributed by atoms with Gasteiger partial charge < -0.3 is 15.1 Å². The highest BCUT2D eigenvalue weighted by molar-refractivity contribution is 7.17. The number of carbonyl (C=O) groups is 2. The lowest BCUT2D eigenvalue weighted by Crippen LogP contribution is -2.47. The maximum absolute atomic E-state index is 14.8. The maximum atomic E-state index is 14.8. The minimum Gasteiger partial charge on any atom is -0.347 e. The molecule has 0 aliphatic carbocycles. The molecule has 11 heteroatoms. The lowest BCUT2D eigenvalue weighted by Gasteiger charge is -2.28. The Kier molecular flexibility index (Phi) is 7.76. The van der Waals surface area contributed by atoms with Crippen LogP contribution in [-0.4, -0.2) is 63.1 Å². The van der Waals surface area contributed by atoms with Crippen LogP contribution in [-0.2, 0) is 35.6 Å². The van der Waals surface area contributed by atoms with Crippen LogP contribution in [0.4, 0.5) is 8.78 Å². The van der Waals surface area contributed by atoms with Gasteiger partial charge in [-0.15, -0.1) is 11.3 Å². The summed E-state index contributed by atoms with van der Waals surface area (Å²) in [4.78, 5) is 33.2. The second kappa shape index (κ2) is 11.7. The molecule has 1 unspecified atom stereocenters. The fraction of sp³-hybridized carbons (Fsp3) is 0.250. The number of pyridine rings is 1. The molecule has 6 rings (SSSR count). The van der Waals surface area contributed by atoms with Gasteiger partial charge in [-0.05, 0) is 53.3 Å². The standard InChI is InChI=1S/C32H30F2N6O2S/c1-4-28(41)39-10-11-40-23(18-39)16-26(37-40)30-25(15-22(34)7-9-33)31-24(8-12-43-31)29(36-30)20-6-5-19-14-27(32(42)38(2)3)35-17-21(19)13-20/h4-9,12-13,15-16,27,35H,1,10-11,14,17-18H2,2-3H3/b9-7+,22-15?. The number of benzene rings is 1. The van der Waals surface area contributed by atoms with Gasteiger partial charge in [0.25, 0.3) is 0 Å². The molecule has 1 aromatic carbocycles. The fourth-order valence-electron chi connectivity index (χ4n) is 5.69. The zero-order chi connectivity index (χ0) is 30.2. The number of nitrogens with zero attached hydrogens (tertiary/aromatic N) is 5. The number of aromatic nitrogens is 3. The second-order valence-corrected chi connectivity index (χ2v) is 11.7. The first-order valence-electron chi connectivity index (χ1n) is 13.9. The van der Waals surface area contributed by atoms with Gasteiger partial charge in [0.2, 0.25) is 11.8 Å². The molecule has 0 bridgehead atoms. The van der Waals surface area contributed by atoms with Gasteiger partial charge in [-0.2, -0.15) is 5.10 Å². The molecule has 43 heavy (non-hydrogen) atoms. The van der Waals surface area contributed by atoms with Gasteiger partial charge in [-0.3, -0.25) is 14.3 Å². The molecule has 5 heterocycles. The molecule has 0 fully saturated rings. The highest BCUT2D eigenvalue weighted by atomic mass is 32.1. The number of rotatable bonds is 6. The van der Waals surface area contributed by atoms with Gasteiger partial charge in [0.1, 0.15) is 17.2 Å². The zero-order valence-electron chi connectivity index (χ0n) is 23.8. The van der Waals surface area contributed by atoms with Crippen LogP contribution in [0.3, 0.4) is 0 Å². The van der Waals surface area contributed by atoms with E-state index >= 15 is 0 Å². The summed E-state index contributed by atoms with van der Waals surface area (Å²) >= 11 is 1.45. The molecule has 220 valence electrons. The monoisotopic (exact) mass is 600 g/mol. The van der Waals surface area contributed by atoms with E-state index in [9.17, 15) is 18.4 Å². The molecule has 2 aliphatic heterocycles. The third kappa shape index (κ3) is 5.41. The molecule has 0 radical (unpaired) electrons. The van der Waals surface area contributed by atoms with E-state index in [2.05, 4.69) is 18.0 Å². The van der Waals surface area contributed by atoms with Gasteiger partial charge in [-0.1, -0.05) is 18.7 Å². The minimum absolute atomic E-state index is 0.0410. The van der Waals surface area contributed by atoms with Gasteiger partial charge in [-0.25, -0.2) is 13.8 Å². The van der Waals surface area contributed by atoms with E-state index in [4.69, 9.17) is 10.1 Å². The van der Waals surface area contributed by atoms with Crippen molar-refractivity contribution in [3.63, 3.8) is 0 Å². The summed E-state index contributed by atoms with van der Waals surface area (Å²) in [5.41, 5.74) is 6.11. The molecule has 4 aromatic rings. The summed E-state index contributed by atoms with van der Waals surface area (Å²) in [6.45, 7) is 5.50. The van der Waals surface area contributed by atoms with Crippen molar-refractivity contribution >= 4 is 39.3 Å². The number of thiophene rings is 1. The Morgan fingerprint density at radius 2 is 2.00 bits per heavy atom. The molecular weight excluding hydrogens is 570 g/mol. The van der Waals surface area contributed by atoms with Crippen molar-refractivity contribution in [2.45, 2.75) is 32.1 Å². The number of hydrogen-bond donors (Lipinski definition) is 1. The van der Waals surface area contributed by atoms with E-state index in [1.807, 2.05) is 34.3 Å². The Balaban J connectivity index is 1.47. The molecule has 1 N–H and O–H groups in total. The van der Waals surface area contributed by atoms with E-state index < -0.39 is 5.83 Å². The Labute approximate surface area is 251 Å². The first-order chi connectivity index (χ1) is 20.8. The number of hydrogen-bond acceptors (Lipinski definition) is 6. The number of carbonyl (C=O) groups excluding carboxylic acids is 2. The smallest absolute Gasteiger partial charge is 0.246 e. The summed E-state index contributed by atoms with van der Waals surface area (Å²) in [7, 11) is 3.51. The van der Waals surface area contributed by atoms with Crippen LogP contribution in [0.5, 0.6) is 0 Å². The largest absolute Gasteiger partial charge is 0.347 e. The van der Waals surface area contributed by atoms with Crippen LogP contribution < -0.4 is 5.32 Å². The number of likely N-dealkylation sites (N-methyl/N-ethyl adjacent to an activating group) is 1. The van der Waals surface area contributed by atoms with Gasteiger partial charge in [0.05, 0.1) is 36.8 Å². The van der Waals surface area contributed by atoms with Gasteiger partial charge in [0, 0.05) is 54.5 Å². The summed E-state index contributed by atoms with van der Waals surface area (Å²) in [5, 5.41) is 10.9. The van der Waals surface area contributed by atoms with Gasteiger partial charge >= 0.3 is 0 Å². The number of allylic oxidation sites excluding steroid dienone is 2. The Morgan fingerprint density at radius 3 is 2.77 bits per heavy atom. The topological polar surface area (TPSA) is 83.4 Å². The average Bonchev–Trinajstić information content (AvgIpc) is 3.67.